The summed E-state index contributed by atoms with van der Waals surface area (Å²) in [5.41, 5.74) is 21.0. The minimum absolute atomic E-state index is 1.04. The van der Waals surface area contributed by atoms with E-state index in [2.05, 4.69) is 300 Å². The molecule has 0 unspecified atom stereocenters. The van der Waals surface area contributed by atoms with E-state index in [-0.39, 0.29) is 0 Å². The first-order chi connectivity index (χ1) is 35.1. The quantitative estimate of drug-likeness (QED) is 0.126. The molecule has 0 saturated heterocycles. The van der Waals surface area contributed by atoms with Crippen LogP contribution in [0, 0.1) is 27.7 Å². The molecule has 0 bridgehead atoms. The SMILES string of the molecule is Cc1ccc(-c2ccc(N(c3ccc(-c4ccc(C)cc4)cc3)c3cc(Br)c4ccc5c(N(c6ccc(-c7ccc(C)cc7)cc6)c6ccc(-c7ccc(C)cc7)cc6)cc(Br)c6ccc3c4c65)cc2)cc1. The van der Waals surface area contributed by atoms with Crippen molar-refractivity contribution in [1.82, 2.24) is 0 Å². The molecule has 0 aliphatic rings. The van der Waals surface area contributed by atoms with Crippen molar-refractivity contribution in [2.45, 2.75) is 27.7 Å². The van der Waals surface area contributed by atoms with Gasteiger partial charge in [0.1, 0.15) is 0 Å². The molecule has 2 nitrogen and oxygen atoms in total. The van der Waals surface area contributed by atoms with Gasteiger partial charge in [-0.15, -0.1) is 0 Å². The van der Waals surface area contributed by atoms with Gasteiger partial charge in [-0.25, -0.2) is 0 Å². The monoisotopic (exact) mass is 1050 g/mol. The normalized spacial score (nSPS) is 11.5. The molecule has 0 atom stereocenters. The maximum Gasteiger partial charge on any atom is 0.0551 e. The molecule has 0 fully saturated rings. The van der Waals surface area contributed by atoms with Gasteiger partial charge in [-0.1, -0.05) is 224 Å². The number of rotatable bonds is 10. The maximum atomic E-state index is 4.15. The summed E-state index contributed by atoms with van der Waals surface area (Å²) in [4.78, 5) is 4.84. The zero-order chi connectivity index (χ0) is 49.0. The summed E-state index contributed by atoms with van der Waals surface area (Å²) in [6.07, 6.45) is 0. The predicted octanol–water partition coefficient (Wildman–Crippen LogP) is 21.0. The third-order valence-electron chi connectivity index (χ3n) is 14.3. The first-order valence-electron chi connectivity index (χ1n) is 24.5. The van der Waals surface area contributed by atoms with Crippen LogP contribution in [-0.4, -0.2) is 0 Å². The van der Waals surface area contributed by atoms with Crippen LogP contribution in [0.4, 0.5) is 34.1 Å². The Labute approximate surface area is 439 Å². The molecule has 0 aliphatic carbocycles. The van der Waals surface area contributed by atoms with Crippen LogP contribution in [0.3, 0.4) is 0 Å². The maximum absolute atomic E-state index is 4.15. The van der Waals surface area contributed by atoms with Crippen LogP contribution in [0.15, 0.2) is 239 Å². The number of anilines is 6. The highest BCUT2D eigenvalue weighted by atomic mass is 79.9. The molecular formula is C68H50Br2N2. The average molecular weight is 1050 g/mol. The van der Waals surface area contributed by atoms with Gasteiger partial charge in [0.15, 0.2) is 0 Å². The number of hydrogen-bond donors (Lipinski definition) is 0. The van der Waals surface area contributed by atoms with Crippen molar-refractivity contribution in [3.05, 3.63) is 262 Å². The molecule has 4 heteroatoms. The summed E-state index contributed by atoms with van der Waals surface area (Å²) in [5, 5.41) is 7.07. The van der Waals surface area contributed by atoms with Crippen molar-refractivity contribution in [3.8, 4) is 44.5 Å². The fraction of sp³-hybridized carbons (Fsp3) is 0.0588. The number of benzene rings is 12. The summed E-state index contributed by atoms with van der Waals surface area (Å²) in [6.45, 7) is 8.54. The number of hydrogen-bond acceptors (Lipinski definition) is 2. The van der Waals surface area contributed by atoms with Gasteiger partial charge >= 0.3 is 0 Å². The van der Waals surface area contributed by atoms with E-state index in [0.29, 0.717) is 0 Å². The smallest absolute Gasteiger partial charge is 0.0551 e. The highest BCUT2D eigenvalue weighted by Crippen LogP contribution is 2.51. The highest BCUT2D eigenvalue weighted by Gasteiger charge is 2.25. The molecule has 0 saturated carbocycles. The van der Waals surface area contributed by atoms with Gasteiger partial charge in [0, 0.05) is 53.2 Å². The highest BCUT2D eigenvalue weighted by molar-refractivity contribution is 9.11. The zero-order valence-corrected chi connectivity index (χ0v) is 43.8. The van der Waals surface area contributed by atoms with E-state index in [1.165, 1.54) is 77.5 Å². The van der Waals surface area contributed by atoms with Crippen molar-refractivity contribution < 1.29 is 0 Å². The number of halogens is 2. The summed E-state index contributed by atoms with van der Waals surface area (Å²) >= 11 is 8.30. The largest absolute Gasteiger partial charge is 0.310 e. The van der Waals surface area contributed by atoms with Crippen molar-refractivity contribution in [2.75, 3.05) is 9.80 Å². The van der Waals surface area contributed by atoms with Crippen molar-refractivity contribution in [3.63, 3.8) is 0 Å². The van der Waals surface area contributed by atoms with Crippen LogP contribution in [0.5, 0.6) is 0 Å². The Morgan fingerprint density at radius 3 is 0.653 bits per heavy atom. The Morgan fingerprint density at radius 2 is 0.431 bits per heavy atom. The Balaban J connectivity index is 1.05. The molecule has 0 N–H and O–H groups in total. The Bertz CT molecular complexity index is 3460. The van der Waals surface area contributed by atoms with E-state index < -0.39 is 0 Å². The molecule has 0 aliphatic heterocycles. The second-order valence-corrected chi connectivity index (χ2v) is 20.9. The molecule has 72 heavy (non-hydrogen) atoms. The van der Waals surface area contributed by atoms with Crippen LogP contribution < -0.4 is 9.80 Å². The molecule has 12 aromatic carbocycles. The van der Waals surface area contributed by atoms with E-state index in [4.69, 9.17) is 0 Å². The Hall–Kier alpha value is -7.76. The van der Waals surface area contributed by atoms with Crippen LogP contribution in [0.25, 0.3) is 76.8 Å². The van der Waals surface area contributed by atoms with Gasteiger partial charge in [0.05, 0.1) is 11.4 Å². The van der Waals surface area contributed by atoms with Gasteiger partial charge in [-0.05, 0) is 144 Å². The van der Waals surface area contributed by atoms with Crippen LogP contribution in [0.2, 0.25) is 0 Å². The Kier molecular flexibility index (Phi) is 11.8. The molecule has 12 aromatic rings. The van der Waals surface area contributed by atoms with E-state index in [1.807, 2.05) is 0 Å². The molecule has 0 spiro atoms. The molecule has 0 radical (unpaired) electrons. The van der Waals surface area contributed by atoms with Gasteiger partial charge < -0.3 is 9.80 Å². The zero-order valence-electron chi connectivity index (χ0n) is 40.6. The second kappa shape index (κ2) is 18.8. The topological polar surface area (TPSA) is 6.48 Å². The minimum atomic E-state index is 1.04. The molecular weight excluding hydrogens is 1000 g/mol. The minimum Gasteiger partial charge on any atom is -0.310 e. The lowest BCUT2D eigenvalue weighted by Crippen LogP contribution is -2.12. The molecule has 0 heterocycles. The number of nitrogens with zero attached hydrogens (tertiary/aromatic N) is 2. The van der Waals surface area contributed by atoms with E-state index in [0.717, 1.165) is 64.6 Å². The molecule has 0 amide bonds. The standard InChI is InChI=1S/C68H50Br2N2/c1-43-5-13-47(14-6-43)51-21-29-55(30-22-51)71(56-31-23-52(24-32-56)48-15-7-44(2)8-16-48)65-41-63(69)59-38-40-62-66(42-64(70)60-37-39-61(65)67(59)68(60)62)72(57-33-25-53(26-34-57)49-17-9-45(3)10-18-49)58-35-27-54(28-36-58)50-19-11-46(4)12-20-50/h5-42H,1-4H3. The fourth-order valence-electron chi connectivity index (χ4n) is 10.3. The summed E-state index contributed by atoms with van der Waals surface area (Å²) in [5.74, 6) is 0. The summed E-state index contributed by atoms with van der Waals surface area (Å²) in [7, 11) is 0. The van der Waals surface area contributed by atoms with E-state index in [9.17, 15) is 0 Å². The van der Waals surface area contributed by atoms with Gasteiger partial charge in [0.2, 0.25) is 0 Å². The third-order valence-corrected chi connectivity index (χ3v) is 15.6. The lowest BCUT2D eigenvalue weighted by Gasteiger charge is -2.30. The van der Waals surface area contributed by atoms with Gasteiger partial charge in [-0.2, -0.15) is 0 Å². The number of aryl methyl sites for hydroxylation is 4. The first kappa shape index (κ1) is 45.4. The first-order valence-corrected chi connectivity index (χ1v) is 26.1. The third kappa shape index (κ3) is 8.45. The van der Waals surface area contributed by atoms with Crippen LogP contribution >= 0.6 is 31.9 Å². The van der Waals surface area contributed by atoms with Gasteiger partial charge in [0.25, 0.3) is 0 Å². The molecule has 12 rings (SSSR count). The van der Waals surface area contributed by atoms with E-state index in [1.54, 1.807) is 0 Å². The van der Waals surface area contributed by atoms with Gasteiger partial charge in [-0.3, -0.25) is 0 Å². The predicted molar refractivity (Wildman–Crippen MR) is 316 cm³/mol. The average Bonchev–Trinajstić information content (AvgIpc) is 3.41. The molecule has 0 aromatic heterocycles. The summed E-state index contributed by atoms with van der Waals surface area (Å²) < 4.78 is 2.07. The van der Waals surface area contributed by atoms with Crippen molar-refractivity contribution >= 4 is 98.3 Å². The van der Waals surface area contributed by atoms with Crippen molar-refractivity contribution in [2.24, 2.45) is 0 Å². The lowest BCUT2D eigenvalue weighted by atomic mass is 9.91. The summed E-state index contributed by atoms with van der Waals surface area (Å²) in [6, 6.07) is 85.0. The second-order valence-electron chi connectivity index (χ2n) is 19.1. The van der Waals surface area contributed by atoms with Crippen molar-refractivity contribution in [1.29, 1.82) is 0 Å². The molecule has 346 valence electrons. The fourth-order valence-corrected chi connectivity index (χ4v) is 11.4. The lowest BCUT2D eigenvalue weighted by molar-refractivity contribution is 1.29. The van der Waals surface area contributed by atoms with Crippen LogP contribution in [-0.2, 0) is 0 Å². The van der Waals surface area contributed by atoms with E-state index >= 15 is 0 Å². The van der Waals surface area contributed by atoms with Crippen LogP contribution in [0.1, 0.15) is 22.3 Å². The Morgan fingerprint density at radius 1 is 0.236 bits per heavy atom.